The minimum absolute atomic E-state index is 0.903. The molecule has 0 bridgehead atoms. The standard InChI is InChI=1S/C21H34N2/c1-4-5-6-18-7-9-19(10-8-18)15-23-12-11-22-20-13-16(2)17(3)14-21(20)23/h13-14,18-19,22H,4-12,15H2,1-3H3. The Balaban J connectivity index is 1.59. The molecule has 1 fully saturated rings. The predicted octanol–water partition coefficient (Wildman–Crippen LogP) is 5.53. The first-order chi connectivity index (χ1) is 11.2. The van der Waals surface area contributed by atoms with E-state index < -0.39 is 0 Å². The van der Waals surface area contributed by atoms with Crippen LogP contribution in [0.25, 0.3) is 0 Å². The Hall–Kier alpha value is -1.18. The SMILES string of the molecule is CCCCC1CCC(CN2CCNc3cc(C)c(C)cc32)CC1. The minimum Gasteiger partial charge on any atom is -0.382 e. The van der Waals surface area contributed by atoms with Gasteiger partial charge in [0.2, 0.25) is 0 Å². The highest BCUT2D eigenvalue weighted by atomic mass is 15.2. The molecule has 0 unspecified atom stereocenters. The topological polar surface area (TPSA) is 15.3 Å². The van der Waals surface area contributed by atoms with Gasteiger partial charge in [0.05, 0.1) is 11.4 Å². The lowest BCUT2D eigenvalue weighted by Gasteiger charge is -2.37. The Morgan fingerprint density at radius 3 is 2.48 bits per heavy atom. The number of hydrogen-bond donors (Lipinski definition) is 1. The zero-order valence-corrected chi connectivity index (χ0v) is 15.3. The van der Waals surface area contributed by atoms with Crippen molar-refractivity contribution in [3.05, 3.63) is 23.3 Å². The Morgan fingerprint density at radius 2 is 1.74 bits per heavy atom. The molecule has 1 aromatic rings. The second kappa shape index (κ2) is 7.59. The van der Waals surface area contributed by atoms with Crippen molar-refractivity contribution in [3.63, 3.8) is 0 Å². The van der Waals surface area contributed by atoms with Gasteiger partial charge in [0, 0.05) is 19.6 Å². The first-order valence-electron chi connectivity index (χ1n) is 9.77. The van der Waals surface area contributed by atoms with Crippen LogP contribution in [-0.2, 0) is 0 Å². The highest BCUT2D eigenvalue weighted by Gasteiger charge is 2.25. The van der Waals surface area contributed by atoms with E-state index in [0.29, 0.717) is 0 Å². The summed E-state index contributed by atoms with van der Waals surface area (Å²) in [5.74, 6) is 1.92. The summed E-state index contributed by atoms with van der Waals surface area (Å²) in [5.41, 5.74) is 5.60. The number of unbranched alkanes of at least 4 members (excludes halogenated alkanes) is 1. The van der Waals surface area contributed by atoms with E-state index >= 15 is 0 Å². The van der Waals surface area contributed by atoms with E-state index in [-0.39, 0.29) is 0 Å². The number of fused-ring (bicyclic) bond motifs is 1. The van der Waals surface area contributed by atoms with Gasteiger partial charge in [-0.05, 0) is 61.8 Å². The molecule has 0 radical (unpaired) electrons. The van der Waals surface area contributed by atoms with E-state index in [1.54, 1.807) is 0 Å². The Labute approximate surface area is 142 Å². The predicted molar refractivity (Wildman–Crippen MR) is 102 cm³/mol. The van der Waals surface area contributed by atoms with Gasteiger partial charge in [0.25, 0.3) is 0 Å². The van der Waals surface area contributed by atoms with Gasteiger partial charge in [-0.2, -0.15) is 0 Å². The highest BCUT2D eigenvalue weighted by molar-refractivity contribution is 5.74. The summed E-state index contributed by atoms with van der Waals surface area (Å²) in [6.07, 6.45) is 10.1. The van der Waals surface area contributed by atoms with Crippen molar-refractivity contribution >= 4 is 11.4 Å². The molecule has 2 heteroatoms. The molecule has 128 valence electrons. The van der Waals surface area contributed by atoms with Gasteiger partial charge >= 0.3 is 0 Å². The smallest absolute Gasteiger partial charge is 0.0605 e. The molecular weight excluding hydrogens is 280 g/mol. The number of nitrogens with zero attached hydrogens (tertiary/aromatic N) is 1. The van der Waals surface area contributed by atoms with Crippen LogP contribution in [0.2, 0.25) is 0 Å². The van der Waals surface area contributed by atoms with E-state index in [0.717, 1.165) is 24.9 Å². The molecule has 3 rings (SSSR count). The molecule has 23 heavy (non-hydrogen) atoms. The zero-order valence-electron chi connectivity index (χ0n) is 15.3. The van der Waals surface area contributed by atoms with Gasteiger partial charge in [-0.15, -0.1) is 0 Å². The number of hydrogen-bond acceptors (Lipinski definition) is 2. The van der Waals surface area contributed by atoms with Crippen molar-refractivity contribution in [3.8, 4) is 0 Å². The summed E-state index contributed by atoms with van der Waals surface area (Å²) in [4.78, 5) is 2.65. The third-order valence-electron chi connectivity index (χ3n) is 6.06. The minimum atomic E-state index is 0.903. The highest BCUT2D eigenvalue weighted by Crippen LogP contribution is 2.36. The van der Waals surface area contributed by atoms with Crippen LogP contribution >= 0.6 is 0 Å². The Bertz CT molecular complexity index is 515. The summed E-state index contributed by atoms with van der Waals surface area (Å²) in [6, 6.07) is 4.72. The normalized spacial score (nSPS) is 24.2. The zero-order chi connectivity index (χ0) is 16.2. The summed E-state index contributed by atoms with van der Waals surface area (Å²) < 4.78 is 0. The monoisotopic (exact) mass is 314 g/mol. The molecule has 0 aromatic heterocycles. The molecule has 2 nitrogen and oxygen atoms in total. The number of anilines is 2. The van der Waals surface area contributed by atoms with Gasteiger partial charge in [-0.3, -0.25) is 0 Å². The third kappa shape index (κ3) is 4.02. The van der Waals surface area contributed by atoms with E-state index in [4.69, 9.17) is 0 Å². The van der Waals surface area contributed by atoms with Gasteiger partial charge in [-0.1, -0.05) is 39.0 Å². The molecule has 0 amide bonds. The lowest BCUT2D eigenvalue weighted by Crippen LogP contribution is -2.38. The van der Waals surface area contributed by atoms with Crippen LogP contribution in [0.15, 0.2) is 12.1 Å². The summed E-state index contributed by atoms with van der Waals surface area (Å²) in [6.45, 7) is 10.3. The second-order valence-electron chi connectivity index (χ2n) is 7.86. The average Bonchev–Trinajstić information content (AvgIpc) is 2.56. The molecule has 1 aliphatic carbocycles. The van der Waals surface area contributed by atoms with Crippen LogP contribution in [0.4, 0.5) is 11.4 Å². The van der Waals surface area contributed by atoms with Crippen molar-refractivity contribution in [1.29, 1.82) is 0 Å². The van der Waals surface area contributed by atoms with E-state index in [1.807, 2.05) is 0 Å². The van der Waals surface area contributed by atoms with Crippen molar-refractivity contribution in [2.75, 3.05) is 29.9 Å². The molecule has 0 spiro atoms. The molecule has 0 saturated heterocycles. The maximum atomic E-state index is 3.59. The maximum absolute atomic E-state index is 3.59. The molecule has 2 aliphatic rings. The van der Waals surface area contributed by atoms with Crippen molar-refractivity contribution in [2.45, 2.75) is 65.7 Å². The fourth-order valence-electron chi connectivity index (χ4n) is 4.35. The number of benzene rings is 1. The molecule has 1 aliphatic heterocycles. The lowest BCUT2D eigenvalue weighted by molar-refractivity contribution is 0.261. The van der Waals surface area contributed by atoms with Crippen LogP contribution in [0.3, 0.4) is 0 Å². The van der Waals surface area contributed by atoms with Gasteiger partial charge in [0.1, 0.15) is 0 Å². The summed E-state index contributed by atoms with van der Waals surface area (Å²) in [7, 11) is 0. The summed E-state index contributed by atoms with van der Waals surface area (Å²) in [5, 5.41) is 3.59. The quantitative estimate of drug-likeness (QED) is 0.768. The van der Waals surface area contributed by atoms with Crippen molar-refractivity contribution < 1.29 is 0 Å². The largest absolute Gasteiger partial charge is 0.382 e. The molecular formula is C21H34N2. The first-order valence-corrected chi connectivity index (χ1v) is 9.77. The van der Waals surface area contributed by atoms with Gasteiger partial charge in [-0.25, -0.2) is 0 Å². The maximum Gasteiger partial charge on any atom is 0.0605 e. The van der Waals surface area contributed by atoms with Crippen LogP contribution in [0.1, 0.15) is 63.0 Å². The van der Waals surface area contributed by atoms with Crippen LogP contribution in [-0.4, -0.2) is 19.6 Å². The van der Waals surface area contributed by atoms with E-state index in [2.05, 4.69) is 43.1 Å². The van der Waals surface area contributed by atoms with Crippen molar-refractivity contribution in [2.24, 2.45) is 11.8 Å². The summed E-state index contributed by atoms with van der Waals surface area (Å²) >= 11 is 0. The van der Waals surface area contributed by atoms with E-state index in [1.165, 1.54) is 74.0 Å². The Morgan fingerprint density at radius 1 is 1.04 bits per heavy atom. The molecule has 1 N–H and O–H groups in total. The number of aryl methyl sites for hydroxylation is 2. The number of nitrogens with one attached hydrogen (secondary N) is 1. The Kier molecular flexibility index (Phi) is 5.50. The first kappa shape index (κ1) is 16.7. The fourth-order valence-corrected chi connectivity index (χ4v) is 4.35. The van der Waals surface area contributed by atoms with Crippen LogP contribution in [0, 0.1) is 25.7 Å². The van der Waals surface area contributed by atoms with Crippen LogP contribution < -0.4 is 10.2 Å². The molecule has 1 aromatic carbocycles. The fraction of sp³-hybridized carbons (Fsp3) is 0.714. The lowest BCUT2D eigenvalue weighted by atomic mass is 9.79. The molecule has 1 heterocycles. The average molecular weight is 315 g/mol. The second-order valence-corrected chi connectivity index (χ2v) is 7.86. The molecule has 1 saturated carbocycles. The van der Waals surface area contributed by atoms with E-state index in [9.17, 15) is 0 Å². The third-order valence-corrected chi connectivity index (χ3v) is 6.06. The van der Waals surface area contributed by atoms with Crippen molar-refractivity contribution in [1.82, 2.24) is 0 Å². The number of rotatable bonds is 5. The van der Waals surface area contributed by atoms with Crippen LogP contribution in [0.5, 0.6) is 0 Å². The van der Waals surface area contributed by atoms with Gasteiger partial charge in [0.15, 0.2) is 0 Å². The van der Waals surface area contributed by atoms with Gasteiger partial charge < -0.3 is 10.2 Å². The molecule has 0 atom stereocenters.